The number of benzene rings is 2. The lowest BCUT2D eigenvalue weighted by Crippen LogP contribution is -1.98. The topological polar surface area (TPSA) is 52.5 Å². The number of rotatable bonds is 5. The number of hydrogen-bond acceptors (Lipinski definition) is 2. The minimum Gasteiger partial charge on any atom is -0.343 e. The summed E-state index contributed by atoms with van der Waals surface area (Å²) in [4.78, 5) is 0. The van der Waals surface area contributed by atoms with Crippen molar-refractivity contribution in [1.29, 1.82) is 10.5 Å². The lowest BCUT2D eigenvalue weighted by atomic mass is 10.1. The van der Waals surface area contributed by atoms with E-state index in [1.165, 1.54) is 22.5 Å². The van der Waals surface area contributed by atoms with Crippen molar-refractivity contribution in [3.63, 3.8) is 0 Å². The predicted octanol–water partition coefficient (Wildman–Crippen LogP) is 5.23. The van der Waals surface area contributed by atoms with E-state index in [2.05, 4.69) is 53.2 Å². The first-order valence-corrected chi connectivity index (χ1v) is 8.29. The van der Waals surface area contributed by atoms with E-state index in [1.807, 2.05) is 42.5 Å². The summed E-state index contributed by atoms with van der Waals surface area (Å²) in [6.45, 7) is 0.821. The SMILES string of the molecule is N#CC(C#N)=C/C=C/C=C/c1cccc2ccn(Cc3ccccc3)c12. The number of hydrogen-bond donors (Lipinski definition) is 0. The molecule has 0 saturated carbocycles. The average molecular weight is 335 g/mol. The second-order valence-corrected chi connectivity index (χ2v) is 5.76. The highest BCUT2D eigenvalue weighted by molar-refractivity contribution is 5.88. The van der Waals surface area contributed by atoms with Crippen molar-refractivity contribution in [2.45, 2.75) is 6.54 Å². The molecule has 0 atom stereocenters. The molecule has 26 heavy (non-hydrogen) atoms. The van der Waals surface area contributed by atoms with Crippen molar-refractivity contribution < 1.29 is 0 Å². The molecule has 0 radical (unpaired) electrons. The maximum absolute atomic E-state index is 8.71. The van der Waals surface area contributed by atoms with Gasteiger partial charge in [0.1, 0.15) is 17.7 Å². The zero-order valence-electron chi connectivity index (χ0n) is 14.2. The molecular weight excluding hydrogens is 318 g/mol. The molecule has 0 aliphatic heterocycles. The van der Waals surface area contributed by atoms with Crippen molar-refractivity contribution in [2.75, 3.05) is 0 Å². The van der Waals surface area contributed by atoms with Gasteiger partial charge in [-0.3, -0.25) is 0 Å². The summed E-state index contributed by atoms with van der Waals surface area (Å²) >= 11 is 0. The van der Waals surface area contributed by atoms with E-state index in [0.29, 0.717) is 0 Å². The van der Waals surface area contributed by atoms with Gasteiger partial charge in [-0.25, -0.2) is 0 Å². The van der Waals surface area contributed by atoms with Crippen LogP contribution in [0.1, 0.15) is 11.1 Å². The zero-order valence-corrected chi connectivity index (χ0v) is 14.2. The molecule has 2 aromatic carbocycles. The number of allylic oxidation sites excluding steroid dienone is 5. The van der Waals surface area contributed by atoms with E-state index in [-0.39, 0.29) is 5.57 Å². The minimum atomic E-state index is 0.0912. The van der Waals surface area contributed by atoms with Crippen LogP contribution in [0.15, 0.2) is 90.7 Å². The van der Waals surface area contributed by atoms with Gasteiger partial charge in [-0.05, 0) is 23.3 Å². The fraction of sp³-hybridized carbons (Fsp3) is 0.0435. The molecule has 3 rings (SSSR count). The van der Waals surface area contributed by atoms with E-state index >= 15 is 0 Å². The molecule has 3 heteroatoms. The zero-order chi connectivity index (χ0) is 18.2. The maximum atomic E-state index is 8.71. The normalized spacial score (nSPS) is 10.8. The van der Waals surface area contributed by atoms with E-state index in [0.717, 1.165) is 12.1 Å². The quantitative estimate of drug-likeness (QED) is 0.473. The van der Waals surface area contributed by atoms with E-state index in [4.69, 9.17) is 10.5 Å². The Hall–Kier alpha value is -3.82. The lowest BCUT2D eigenvalue weighted by Gasteiger charge is -2.08. The van der Waals surface area contributed by atoms with E-state index in [9.17, 15) is 0 Å². The third-order valence-corrected chi connectivity index (χ3v) is 4.02. The fourth-order valence-electron chi connectivity index (χ4n) is 2.81. The highest BCUT2D eigenvalue weighted by Gasteiger charge is 2.05. The van der Waals surface area contributed by atoms with Gasteiger partial charge in [-0.2, -0.15) is 10.5 Å². The second kappa shape index (κ2) is 8.33. The molecule has 0 unspecified atom stereocenters. The van der Waals surface area contributed by atoms with Crippen LogP contribution >= 0.6 is 0 Å². The van der Waals surface area contributed by atoms with Crippen molar-refractivity contribution in [3.05, 3.63) is 102 Å². The van der Waals surface area contributed by atoms with E-state index in [1.54, 1.807) is 6.08 Å². The first-order chi connectivity index (χ1) is 12.8. The molecule has 124 valence electrons. The molecule has 0 aliphatic rings. The third kappa shape index (κ3) is 3.98. The average Bonchev–Trinajstić information content (AvgIpc) is 3.09. The van der Waals surface area contributed by atoms with Crippen LogP contribution in [-0.4, -0.2) is 4.57 Å². The molecule has 3 nitrogen and oxygen atoms in total. The van der Waals surface area contributed by atoms with Crippen molar-refractivity contribution in [1.82, 2.24) is 4.57 Å². The highest BCUT2D eigenvalue weighted by atomic mass is 15.0. The van der Waals surface area contributed by atoms with Crippen molar-refractivity contribution >= 4 is 17.0 Å². The second-order valence-electron chi connectivity index (χ2n) is 5.76. The first kappa shape index (κ1) is 17.0. The Balaban J connectivity index is 1.87. The summed E-state index contributed by atoms with van der Waals surface area (Å²) in [6, 6.07) is 22.4. The molecule has 0 bridgehead atoms. The smallest absolute Gasteiger partial charge is 0.129 e. The van der Waals surface area contributed by atoms with Crippen molar-refractivity contribution in [2.24, 2.45) is 0 Å². The largest absolute Gasteiger partial charge is 0.343 e. The van der Waals surface area contributed by atoms with Crippen LogP contribution in [-0.2, 0) is 6.54 Å². The van der Waals surface area contributed by atoms with Gasteiger partial charge in [-0.15, -0.1) is 0 Å². The molecule has 3 aromatic rings. The Morgan fingerprint density at radius 2 is 1.69 bits per heavy atom. The summed E-state index contributed by atoms with van der Waals surface area (Å²) in [5.74, 6) is 0. The number of nitriles is 2. The summed E-state index contributed by atoms with van der Waals surface area (Å²) in [6.07, 6.45) is 11.1. The molecule has 0 aliphatic carbocycles. The Bertz CT molecular complexity index is 1050. The van der Waals surface area contributed by atoms with Gasteiger partial charge >= 0.3 is 0 Å². The van der Waals surface area contributed by atoms with Gasteiger partial charge in [0.05, 0.1) is 5.52 Å². The van der Waals surface area contributed by atoms with Gasteiger partial charge in [-0.1, -0.05) is 72.8 Å². The predicted molar refractivity (Wildman–Crippen MR) is 105 cm³/mol. The van der Waals surface area contributed by atoms with Gasteiger partial charge in [0.2, 0.25) is 0 Å². The maximum Gasteiger partial charge on any atom is 0.129 e. The third-order valence-electron chi connectivity index (χ3n) is 4.02. The summed E-state index contributed by atoms with van der Waals surface area (Å²) in [7, 11) is 0. The molecule has 0 spiro atoms. The van der Waals surface area contributed by atoms with E-state index < -0.39 is 0 Å². The van der Waals surface area contributed by atoms with Crippen LogP contribution in [0, 0.1) is 22.7 Å². The standard InChI is InChI=1S/C23H17N3/c24-16-20(17-25)10-5-2-6-11-21-12-7-13-22-14-15-26(23(21)22)18-19-8-3-1-4-9-19/h1-15H,18H2/b5-2+,11-6+. The number of aromatic nitrogens is 1. The summed E-state index contributed by atoms with van der Waals surface area (Å²) in [5.41, 5.74) is 3.66. The lowest BCUT2D eigenvalue weighted by molar-refractivity contribution is 0.836. The first-order valence-electron chi connectivity index (χ1n) is 8.29. The molecular formula is C23H17N3. The van der Waals surface area contributed by atoms with Gasteiger partial charge in [0.25, 0.3) is 0 Å². The molecule has 0 saturated heterocycles. The van der Waals surface area contributed by atoms with Crippen molar-refractivity contribution in [3.8, 4) is 12.1 Å². The summed E-state index contributed by atoms with van der Waals surface area (Å²) < 4.78 is 2.25. The molecule has 0 amide bonds. The van der Waals surface area contributed by atoms with Crippen LogP contribution in [0.3, 0.4) is 0 Å². The Morgan fingerprint density at radius 3 is 2.46 bits per heavy atom. The molecule has 0 fully saturated rings. The Kier molecular flexibility index (Phi) is 5.45. The van der Waals surface area contributed by atoms with Gasteiger partial charge in [0, 0.05) is 18.1 Å². The molecule has 1 aromatic heterocycles. The van der Waals surface area contributed by atoms with Crippen LogP contribution in [0.2, 0.25) is 0 Å². The van der Waals surface area contributed by atoms with Crippen LogP contribution in [0.25, 0.3) is 17.0 Å². The van der Waals surface area contributed by atoms with Gasteiger partial charge in [0.15, 0.2) is 0 Å². The molecule has 0 N–H and O–H groups in total. The molecule has 1 heterocycles. The minimum absolute atomic E-state index is 0.0912. The highest BCUT2D eigenvalue weighted by Crippen LogP contribution is 2.22. The monoisotopic (exact) mass is 335 g/mol. The Morgan fingerprint density at radius 1 is 0.885 bits per heavy atom. The number of nitrogens with zero attached hydrogens (tertiary/aromatic N) is 3. The number of fused-ring (bicyclic) bond motifs is 1. The van der Waals surface area contributed by atoms with Crippen LogP contribution < -0.4 is 0 Å². The number of para-hydroxylation sites is 1. The fourth-order valence-corrected chi connectivity index (χ4v) is 2.81. The van der Waals surface area contributed by atoms with Crippen LogP contribution in [0.4, 0.5) is 0 Å². The van der Waals surface area contributed by atoms with Gasteiger partial charge < -0.3 is 4.57 Å². The Labute approximate surface area is 153 Å². The van der Waals surface area contributed by atoms with Crippen LogP contribution in [0.5, 0.6) is 0 Å². The summed E-state index contributed by atoms with van der Waals surface area (Å²) in [5, 5.41) is 18.6.